The van der Waals surface area contributed by atoms with Crippen LogP contribution < -0.4 is 5.32 Å². The van der Waals surface area contributed by atoms with E-state index in [2.05, 4.69) is 16.8 Å². The Balaban J connectivity index is 1.47. The lowest BCUT2D eigenvalue weighted by atomic mass is 10.1. The van der Waals surface area contributed by atoms with Crippen molar-refractivity contribution >= 4 is 17.4 Å². The maximum atomic E-state index is 12.1. The fraction of sp³-hybridized carbons (Fsp3) is 0.667. The zero-order valence-corrected chi connectivity index (χ0v) is 13.2. The first-order chi connectivity index (χ1) is 10.2. The van der Waals surface area contributed by atoms with Crippen molar-refractivity contribution in [1.82, 2.24) is 10.2 Å². The highest BCUT2D eigenvalue weighted by Gasteiger charge is 2.24. The monoisotopic (exact) mass is 310 g/mol. The van der Waals surface area contributed by atoms with E-state index in [1.807, 2.05) is 7.05 Å². The average Bonchev–Trinajstić information content (AvgIpc) is 3.15. The Kier molecular flexibility index (Phi) is 4.77. The van der Waals surface area contributed by atoms with Crippen LogP contribution in [0.2, 0.25) is 0 Å². The van der Waals surface area contributed by atoms with Crippen LogP contribution in [-0.2, 0) is 15.9 Å². The van der Waals surface area contributed by atoms with Crippen molar-refractivity contribution in [1.29, 1.82) is 0 Å². The second-order valence-electron chi connectivity index (χ2n) is 5.70. The molecule has 0 aliphatic carbocycles. The summed E-state index contributed by atoms with van der Waals surface area (Å²) in [4.78, 5) is 15.3. The molecule has 6 heteroatoms. The van der Waals surface area contributed by atoms with Crippen LogP contribution in [0.3, 0.4) is 0 Å². The van der Waals surface area contributed by atoms with E-state index in [4.69, 9.17) is 9.47 Å². The van der Waals surface area contributed by atoms with Crippen LogP contribution in [0.25, 0.3) is 0 Å². The number of hydrogen-bond donors (Lipinski definition) is 1. The molecule has 1 aromatic heterocycles. The highest BCUT2D eigenvalue weighted by atomic mass is 32.1. The predicted octanol–water partition coefficient (Wildman–Crippen LogP) is 2.04. The van der Waals surface area contributed by atoms with Crippen molar-refractivity contribution in [3.63, 3.8) is 0 Å². The normalized spacial score (nSPS) is 24.6. The molecule has 2 aliphatic heterocycles. The SMILES string of the molecule is CN(C[C@H]1CCOC1)C(=O)NC[C@H]1OCCc2sccc21. The van der Waals surface area contributed by atoms with Crippen molar-refractivity contribution in [2.75, 3.05) is 40.0 Å². The number of rotatable bonds is 4. The third kappa shape index (κ3) is 3.56. The fourth-order valence-corrected chi connectivity index (χ4v) is 3.82. The molecule has 1 aromatic rings. The standard InChI is InChI=1S/C15H22N2O3S/c1-17(9-11-2-5-19-10-11)15(18)16-8-13-12-4-7-21-14(12)3-6-20-13/h4,7,11,13H,2-3,5-6,8-10H2,1H3,(H,16,18)/t11-,13-/m1/s1. The summed E-state index contributed by atoms with van der Waals surface area (Å²) in [6.45, 7) is 3.61. The maximum absolute atomic E-state index is 12.1. The van der Waals surface area contributed by atoms with Gasteiger partial charge in [0, 0.05) is 44.0 Å². The molecular formula is C15H22N2O3S. The lowest BCUT2D eigenvalue weighted by Crippen LogP contribution is -2.42. The van der Waals surface area contributed by atoms with Gasteiger partial charge in [0.2, 0.25) is 0 Å². The van der Waals surface area contributed by atoms with Gasteiger partial charge in [0.15, 0.2) is 0 Å². The number of fused-ring (bicyclic) bond motifs is 1. The van der Waals surface area contributed by atoms with Gasteiger partial charge in [0.1, 0.15) is 6.10 Å². The molecule has 0 spiro atoms. The molecule has 0 bridgehead atoms. The van der Waals surface area contributed by atoms with Crippen LogP contribution in [0, 0.1) is 5.92 Å². The second kappa shape index (κ2) is 6.77. The first-order valence-corrected chi connectivity index (χ1v) is 8.36. The van der Waals surface area contributed by atoms with Crippen molar-refractivity contribution in [2.24, 2.45) is 5.92 Å². The molecule has 5 nitrogen and oxygen atoms in total. The van der Waals surface area contributed by atoms with Crippen molar-refractivity contribution in [3.05, 3.63) is 21.9 Å². The predicted molar refractivity (Wildman–Crippen MR) is 81.7 cm³/mol. The minimum Gasteiger partial charge on any atom is -0.381 e. The third-order valence-electron chi connectivity index (χ3n) is 4.12. The Morgan fingerprint density at radius 3 is 3.24 bits per heavy atom. The zero-order valence-electron chi connectivity index (χ0n) is 12.3. The van der Waals surface area contributed by atoms with Gasteiger partial charge < -0.3 is 19.7 Å². The Morgan fingerprint density at radius 2 is 2.43 bits per heavy atom. The summed E-state index contributed by atoms with van der Waals surface area (Å²) in [5, 5.41) is 5.08. The van der Waals surface area contributed by atoms with E-state index in [0.29, 0.717) is 12.5 Å². The highest BCUT2D eigenvalue weighted by molar-refractivity contribution is 7.10. The van der Waals surface area contributed by atoms with Crippen LogP contribution in [0.5, 0.6) is 0 Å². The van der Waals surface area contributed by atoms with E-state index in [1.165, 1.54) is 10.4 Å². The molecule has 21 heavy (non-hydrogen) atoms. The zero-order chi connectivity index (χ0) is 14.7. The van der Waals surface area contributed by atoms with Gasteiger partial charge in [0.25, 0.3) is 0 Å². The van der Waals surface area contributed by atoms with Gasteiger partial charge in [0.05, 0.1) is 13.2 Å². The molecule has 2 aliphatic rings. The molecular weight excluding hydrogens is 288 g/mol. The number of carbonyl (C=O) groups is 1. The molecule has 0 unspecified atom stereocenters. The van der Waals surface area contributed by atoms with Gasteiger partial charge in [-0.05, 0) is 23.4 Å². The van der Waals surface area contributed by atoms with Crippen LogP contribution in [0.1, 0.15) is 23.0 Å². The van der Waals surface area contributed by atoms with E-state index in [1.54, 1.807) is 16.2 Å². The summed E-state index contributed by atoms with van der Waals surface area (Å²) in [5.41, 5.74) is 1.23. The van der Waals surface area contributed by atoms with Crippen molar-refractivity contribution in [3.8, 4) is 0 Å². The van der Waals surface area contributed by atoms with E-state index in [0.717, 1.165) is 39.2 Å². The van der Waals surface area contributed by atoms with E-state index in [9.17, 15) is 4.79 Å². The molecule has 3 rings (SSSR count). The first kappa shape index (κ1) is 14.8. The Bertz CT molecular complexity index is 485. The van der Waals surface area contributed by atoms with Crippen LogP contribution in [-0.4, -0.2) is 50.9 Å². The number of nitrogens with one attached hydrogen (secondary N) is 1. The summed E-state index contributed by atoms with van der Waals surface area (Å²) in [5.74, 6) is 0.468. The minimum absolute atomic E-state index is 0.00726. The first-order valence-electron chi connectivity index (χ1n) is 7.48. The Hall–Kier alpha value is -1.11. The average molecular weight is 310 g/mol. The summed E-state index contributed by atoms with van der Waals surface area (Å²) >= 11 is 1.77. The number of urea groups is 1. The number of nitrogens with zero attached hydrogens (tertiary/aromatic N) is 1. The molecule has 0 radical (unpaired) electrons. The highest BCUT2D eigenvalue weighted by Crippen LogP contribution is 2.30. The largest absolute Gasteiger partial charge is 0.381 e. The van der Waals surface area contributed by atoms with Gasteiger partial charge in [-0.3, -0.25) is 0 Å². The lowest BCUT2D eigenvalue weighted by Gasteiger charge is -2.26. The fourth-order valence-electron chi connectivity index (χ4n) is 2.91. The smallest absolute Gasteiger partial charge is 0.317 e. The molecule has 3 heterocycles. The quantitative estimate of drug-likeness (QED) is 0.926. The maximum Gasteiger partial charge on any atom is 0.317 e. The molecule has 1 N–H and O–H groups in total. The van der Waals surface area contributed by atoms with Gasteiger partial charge in [-0.2, -0.15) is 0 Å². The summed E-state index contributed by atoms with van der Waals surface area (Å²) in [6, 6.07) is 2.07. The van der Waals surface area contributed by atoms with Gasteiger partial charge >= 0.3 is 6.03 Å². The van der Waals surface area contributed by atoms with Gasteiger partial charge in [-0.1, -0.05) is 0 Å². The molecule has 116 valence electrons. The van der Waals surface area contributed by atoms with Crippen LogP contribution in [0.4, 0.5) is 4.79 Å². The minimum atomic E-state index is -0.0344. The lowest BCUT2D eigenvalue weighted by molar-refractivity contribution is 0.0445. The summed E-state index contributed by atoms with van der Waals surface area (Å²) in [7, 11) is 1.84. The topological polar surface area (TPSA) is 50.8 Å². The number of ether oxygens (including phenoxy) is 2. The number of hydrogen-bond acceptors (Lipinski definition) is 4. The summed E-state index contributed by atoms with van der Waals surface area (Å²) in [6.07, 6.45) is 2.02. The molecule has 2 amide bonds. The van der Waals surface area contributed by atoms with E-state index < -0.39 is 0 Å². The Morgan fingerprint density at radius 1 is 1.52 bits per heavy atom. The molecule has 1 fully saturated rings. The Labute approximate surface area is 129 Å². The van der Waals surface area contributed by atoms with Crippen molar-refractivity contribution < 1.29 is 14.3 Å². The molecule has 2 atom stereocenters. The van der Waals surface area contributed by atoms with Gasteiger partial charge in [-0.15, -0.1) is 11.3 Å². The third-order valence-corrected chi connectivity index (χ3v) is 5.11. The summed E-state index contributed by atoms with van der Waals surface area (Å²) < 4.78 is 11.1. The number of amides is 2. The van der Waals surface area contributed by atoms with Crippen LogP contribution >= 0.6 is 11.3 Å². The van der Waals surface area contributed by atoms with E-state index >= 15 is 0 Å². The number of thiophene rings is 1. The van der Waals surface area contributed by atoms with E-state index in [-0.39, 0.29) is 12.1 Å². The number of carbonyl (C=O) groups excluding carboxylic acids is 1. The van der Waals surface area contributed by atoms with Crippen molar-refractivity contribution in [2.45, 2.75) is 18.9 Å². The van der Waals surface area contributed by atoms with Gasteiger partial charge in [-0.25, -0.2) is 4.79 Å². The van der Waals surface area contributed by atoms with Crippen LogP contribution in [0.15, 0.2) is 11.4 Å². The molecule has 0 aromatic carbocycles. The molecule has 1 saturated heterocycles. The molecule has 0 saturated carbocycles. The second-order valence-corrected chi connectivity index (χ2v) is 6.71.